The summed E-state index contributed by atoms with van der Waals surface area (Å²) < 4.78 is 5.11. The van der Waals surface area contributed by atoms with Crippen molar-refractivity contribution in [2.75, 3.05) is 13.7 Å². The molecule has 0 bridgehead atoms. The van der Waals surface area contributed by atoms with Crippen LogP contribution in [0.15, 0.2) is 24.3 Å². The number of rotatable bonds is 6. The number of hydrogen-bond donors (Lipinski definition) is 1. The van der Waals surface area contributed by atoms with Crippen LogP contribution in [-0.4, -0.2) is 18.9 Å². The largest absolute Gasteiger partial charge is 0.497 e. The summed E-state index contributed by atoms with van der Waals surface area (Å²) >= 11 is 1.95. The van der Waals surface area contributed by atoms with Crippen LogP contribution in [0.25, 0.3) is 0 Å². The molecule has 0 aromatic heterocycles. The molecule has 0 aliphatic heterocycles. The van der Waals surface area contributed by atoms with Crippen LogP contribution in [0, 0.1) is 0 Å². The standard InChI is InChI=1S/C12H19NOS/c1-10(7-8-13)15-9-11-3-5-12(14-2)6-4-11/h3-6,10H,7-9,13H2,1-2H3. The molecule has 0 aliphatic carbocycles. The maximum Gasteiger partial charge on any atom is 0.118 e. The van der Waals surface area contributed by atoms with Crippen LogP contribution in [0.5, 0.6) is 5.75 Å². The second kappa shape index (κ2) is 6.75. The molecule has 1 unspecified atom stereocenters. The number of benzene rings is 1. The van der Waals surface area contributed by atoms with Gasteiger partial charge in [0, 0.05) is 11.0 Å². The average Bonchev–Trinajstić information content (AvgIpc) is 2.27. The smallest absolute Gasteiger partial charge is 0.118 e. The first-order chi connectivity index (χ1) is 7.26. The van der Waals surface area contributed by atoms with Crippen molar-refractivity contribution < 1.29 is 4.74 Å². The number of thioether (sulfide) groups is 1. The minimum atomic E-state index is 0.636. The zero-order chi connectivity index (χ0) is 11.1. The molecule has 0 spiro atoms. The molecule has 3 heteroatoms. The third-order valence-electron chi connectivity index (χ3n) is 2.27. The molecule has 84 valence electrons. The fourth-order valence-corrected chi connectivity index (χ4v) is 2.25. The lowest BCUT2D eigenvalue weighted by atomic mass is 10.2. The maximum atomic E-state index is 5.51. The van der Waals surface area contributed by atoms with Gasteiger partial charge in [-0.05, 0) is 30.7 Å². The fourth-order valence-electron chi connectivity index (χ4n) is 1.28. The predicted octanol–water partition coefficient (Wildman–Crippen LogP) is 2.67. The van der Waals surface area contributed by atoms with Gasteiger partial charge in [-0.3, -0.25) is 0 Å². The third kappa shape index (κ3) is 4.58. The first-order valence-electron chi connectivity index (χ1n) is 5.21. The summed E-state index contributed by atoms with van der Waals surface area (Å²) in [5.41, 5.74) is 6.84. The van der Waals surface area contributed by atoms with Crippen LogP contribution in [0.4, 0.5) is 0 Å². The molecule has 0 heterocycles. The molecule has 2 nitrogen and oxygen atoms in total. The van der Waals surface area contributed by atoms with E-state index in [2.05, 4.69) is 19.1 Å². The van der Waals surface area contributed by atoms with Crippen molar-refractivity contribution in [3.8, 4) is 5.75 Å². The molecule has 15 heavy (non-hydrogen) atoms. The van der Waals surface area contributed by atoms with Crippen molar-refractivity contribution in [2.24, 2.45) is 5.73 Å². The van der Waals surface area contributed by atoms with Gasteiger partial charge in [-0.25, -0.2) is 0 Å². The lowest BCUT2D eigenvalue weighted by molar-refractivity contribution is 0.414. The van der Waals surface area contributed by atoms with Crippen molar-refractivity contribution in [3.05, 3.63) is 29.8 Å². The minimum Gasteiger partial charge on any atom is -0.497 e. The second-order valence-electron chi connectivity index (χ2n) is 3.55. The Morgan fingerprint density at radius 3 is 2.53 bits per heavy atom. The van der Waals surface area contributed by atoms with E-state index < -0.39 is 0 Å². The van der Waals surface area contributed by atoms with Gasteiger partial charge in [-0.1, -0.05) is 19.1 Å². The van der Waals surface area contributed by atoms with Gasteiger partial charge in [0.25, 0.3) is 0 Å². The Labute approximate surface area is 96.2 Å². The summed E-state index contributed by atoms with van der Waals surface area (Å²) in [7, 11) is 1.69. The Hall–Kier alpha value is -0.670. The SMILES string of the molecule is COc1ccc(CSC(C)CCN)cc1. The zero-order valence-electron chi connectivity index (χ0n) is 9.40. The monoisotopic (exact) mass is 225 g/mol. The highest BCUT2D eigenvalue weighted by molar-refractivity contribution is 7.99. The van der Waals surface area contributed by atoms with Crippen molar-refractivity contribution in [2.45, 2.75) is 24.3 Å². The molecule has 0 radical (unpaired) electrons. The highest BCUT2D eigenvalue weighted by atomic mass is 32.2. The van der Waals surface area contributed by atoms with E-state index in [-0.39, 0.29) is 0 Å². The van der Waals surface area contributed by atoms with Crippen LogP contribution in [0.3, 0.4) is 0 Å². The Morgan fingerprint density at radius 1 is 1.33 bits per heavy atom. The zero-order valence-corrected chi connectivity index (χ0v) is 10.2. The van der Waals surface area contributed by atoms with E-state index in [1.54, 1.807) is 7.11 Å². The van der Waals surface area contributed by atoms with Crippen molar-refractivity contribution >= 4 is 11.8 Å². The van der Waals surface area contributed by atoms with Gasteiger partial charge in [0.15, 0.2) is 0 Å². The van der Waals surface area contributed by atoms with Gasteiger partial charge in [0.2, 0.25) is 0 Å². The van der Waals surface area contributed by atoms with E-state index >= 15 is 0 Å². The van der Waals surface area contributed by atoms with E-state index in [1.807, 2.05) is 23.9 Å². The van der Waals surface area contributed by atoms with Crippen molar-refractivity contribution in [3.63, 3.8) is 0 Å². The molecule has 1 atom stereocenters. The lowest BCUT2D eigenvalue weighted by Crippen LogP contribution is -2.07. The highest BCUT2D eigenvalue weighted by Crippen LogP contribution is 2.21. The van der Waals surface area contributed by atoms with Gasteiger partial charge >= 0.3 is 0 Å². The molecule has 2 N–H and O–H groups in total. The molecule has 1 aromatic carbocycles. The van der Waals surface area contributed by atoms with Gasteiger partial charge in [0.1, 0.15) is 5.75 Å². The molecule has 0 fully saturated rings. The van der Waals surface area contributed by atoms with Crippen molar-refractivity contribution in [1.82, 2.24) is 0 Å². The van der Waals surface area contributed by atoms with Gasteiger partial charge in [-0.15, -0.1) is 0 Å². The first-order valence-corrected chi connectivity index (χ1v) is 6.25. The van der Waals surface area contributed by atoms with Gasteiger partial charge < -0.3 is 10.5 Å². The molecule has 0 saturated carbocycles. The number of ether oxygens (including phenoxy) is 1. The lowest BCUT2D eigenvalue weighted by Gasteiger charge is -2.09. The molecule has 0 amide bonds. The van der Waals surface area contributed by atoms with E-state index in [9.17, 15) is 0 Å². The third-order valence-corrected chi connectivity index (χ3v) is 3.57. The average molecular weight is 225 g/mol. The Kier molecular flexibility index (Phi) is 5.58. The van der Waals surface area contributed by atoms with Gasteiger partial charge in [-0.2, -0.15) is 11.8 Å². The molecule has 1 aromatic rings. The number of methoxy groups -OCH3 is 1. The van der Waals surface area contributed by atoms with Crippen LogP contribution in [0.1, 0.15) is 18.9 Å². The Morgan fingerprint density at radius 2 is 2.00 bits per heavy atom. The molecular formula is C12H19NOS. The Balaban J connectivity index is 2.37. The van der Waals surface area contributed by atoms with E-state index in [0.29, 0.717) is 5.25 Å². The summed E-state index contributed by atoms with van der Waals surface area (Å²) in [6.45, 7) is 3.00. The molecular weight excluding hydrogens is 206 g/mol. The quantitative estimate of drug-likeness (QED) is 0.808. The summed E-state index contributed by atoms with van der Waals surface area (Å²) in [6, 6.07) is 8.23. The summed E-state index contributed by atoms with van der Waals surface area (Å²) in [5, 5.41) is 0.636. The summed E-state index contributed by atoms with van der Waals surface area (Å²) in [4.78, 5) is 0. The van der Waals surface area contributed by atoms with E-state index in [1.165, 1.54) is 5.56 Å². The molecule has 0 saturated heterocycles. The molecule has 0 aliphatic rings. The first kappa shape index (κ1) is 12.4. The van der Waals surface area contributed by atoms with Gasteiger partial charge in [0.05, 0.1) is 7.11 Å². The number of nitrogens with two attached hydrogens (primary N) is 1. The van der Waals surface area contributed by atoms with Crippen LogP contribution in [-0.2, 0) is 5.75 Å². The van der Waals surface area contributed by atoms with E-state index in [4.69, 9.17) is 10.5 Å². The topological polar surface area (TPSA) is 35.2 Å². The van der Waals surface area contributed by atoms with E-state index in [0.717, 1.165) is 24.5 Å². The molecule has 1 rings (SSSR count). The summed E-state index contributed by atoms with van der Waals surface area (Å²) in [5.74, 6) is 1.96. The summed E-state index contributed by atoms with van der Waals surface area (Å²) in [6.07, 6.45) is 1.08. The Bertz CT molecular complexity index is 273. The number of hydrogen-bond acceptors (Lipinski definition) is 3. The van der Waals surface area contributed by atoms with Crippen LogP contribution >= 0.6 is 11.8 Å². The van der Waals surface area contributed by atoms with Crippen molar-refractivity contribution in [1.29, 1.82) is 0 Å². The normalized spacial score (nSPS) is 12.5. The van der Waals surface area contributed by atoms with Crippen LogP contribution < -0.4 is 10.5 Å². The highest BCUT2D eigenvalue weighted by Gasteiger charge is 2.01. The fraction of sp³-hybridized carbons (Fsp3) is 0.500. The minimum absolute atomic E-state index is 0.636. The predicted molar refractivity (Wildman–Crippen MR) is 67.4 cm³/mol. The van der Waals surface area contributed by atoms with Crippen LogP contribution in [0.2, 0.25) is 0 Å². The maximum absolute atomic E-state index is 5.51. The second-order valence-corrected chi connectivity index (χ2v) is 4.97.